The number of methoxy groups -OCH3 is 2. The summed E-state index contributed by atoms with van der Waals surface area (Å²) < 4.78 is 26.7. The van der Waals surface area contributed by atoms with E-state index in [-0.39, 0.29) is 6.61 Å². The number of nitrogens with one attached hydrogen (secondary N) is 1. The molecule has 0 aliphatic heterocycles. The molecular weight excluding hydrogens is 508 g/mol. The molecule has 0 radical (unpaired) electrons. The Kier molecular flexibility index (Phi) is 9.14. The molecule has 1 amide bonds. The second-order valence-corrected chi connectivity index (χ2v) is 8.71. The average molecular weight is 535 g/mol. The van der Waals surface area contributed by atoms with Crippen molar-refractivity contribution in [1.82, 2.24) is 4.98 Å². The number of hydrogen-bond donors (Lipinski definition) is 1. The van der Waals surface area contributed by atoms with E-state index in [2.05, 4.69) is 10.3 Å². The van der Waals surface area contributed by atoms with Gasteiger partial charge in [-0.2, -0.15) is 0 Å². The molecule has 10 heteroatoms. The summed E-state index contributed by atoms with van der Waals surface area (Å²) in [6.45, 7) is -0.341. The van der Waals surface area contributed by atoms with Crippen molar-refractivity contribution in [3.8, 4) is 34.3 Å². The van der Waals surface area contributed by atoms with E-state index in [1.165, 1.54) is 11.3 Å². The van der Waals surface area contributed by atoms with Crippen LogP contribution < -0.4 is 24.3 Å². The minimum atomic E-state index is -0.672. The van der Waals surface area contributed by atoms with Gasteiger partial charge in [-0.3, -0.25) is 10.1 Å². The molecule has 0 saturated carbocycles. The van der Waals surface area contributed by atoms with Gasteiger partial charge in [0.1, 0.15) is 18.1 Å². The lowest BCUT2D eigenvalue weighted by Crippen LogP contribution is -2.23. The fraction of sp³-hybridized carbons (Fsp3) is 0.179. The summed E-state index contributed by atoms with van der Waals surface area (Å²) in [4.78, 5) is 28.6. The van der Waals surface area contributed by atoms with Crippen LogP contribution in [0.25, 0.3) is 11.3 Å². The van der Waals surface area contributed by atoms with Crippen LogP contribution in [-0.2, 0) is 20.9 Å². The van der Waals surface area contributed by atoms with Gasteiger partial charge in [0.05, 0.1) is 19.9 Å². The standard InChI is InChI=1S/C28H26N2O7S/c1-33-24-13-8-20(14-25(24)34-2)23-18-38-28(29-23)30-26(31)16-37-27(32)17-36-22-11-9-21(10-12-22)35-15-19-6-4-3-5-7-19/h3-14,18H,15-17H2,1-2H3,(H,29,30,31). The summed E-state index contributed by atoms with van der Waals surface area (Å²) in [5, 5.41) is 4.80. The van der Waals surface area contributed by atoms with Crippen LogP contribution in [0.2, 0.25) is 0 Å². The lowest BCUT2D eigenvalue weighted by Gasteiger charge is -2.09. The highest BCUT2D eigenvalue weighted by Gasteiger charge is 2.13. The number of rotatable bonds is 12. The van der Waals surface area contributed by atoms with Crippen molar-refractivity contribution in [3.63, 3.8) is 0 Å². The summed E-state index contributed by atoms with van der Waals surface area (Å²) in [7, 11) is 3.12. The Hall–Kier alpha value is -4.57. The molecule has 1 heterocycles. The number of amides is 1. The Bertz CT molecular complexity index is 1360. The van der Waals surface area contributed by atoms with E-state index in [1.807, 2.05) is 36.4 Å². The molecule has 196 valence electrons. The first-order valence-corrected chi connectivity index (χ1v) is 12.4. The topological polar surface area (TPSA) is 105 Å². The van der Waals surface area contributed by atoms with Crippen molar-refractivity contribution in [2.24, 2.45) is 0 Å². The summed E-state index contributed by atoms with van der Waals surface area (Å²) in [5.74, 6) is 1.16. The molecule has 0 fully saturated rings. The van der Waals surface area contributed by atoms with Crippen LogP contribution in [0.3, 0.4) is 0 Å². The van der Waals surface area contributed by atoms with Crippen LogP contribution in [0.4, 0.5) is 5.13 Å². The van der Waals surface area contributed by atoms with E-state index in [1.54, 1.807) is 56.0 Å². The minimum Gasteiger partial charge on any atom is -0.493 e. The quantitative estimate of drug-likeness (QED) is 0.254. The predicted octanol–water partition coefficient (Wildman–Crippen LogP) is 4.97. The van der Waals surface area contributed by atoms with Gasteiger partial charge in [0.2, 0.25) is 0 Å². The third-order valence-electron chi connectivity index (χ3n) is 5.22. The number of thiazole rings is 1. The van der Waals surface area contributed by atoms with Crippen LogP contribution in [0.5, 0.6) is 23.0 Å². The van der Waals surface area contributed by atoms with E-state index in [9.17, 15) is 9.59 Å². The number of nitrogens with zero attached hydrogens (tertiary/aromatic N) is 1. The van der Waals surface area contributed by atoms with Gasteiger partial charge in [0, 0.05) is 10.9 Å². The maximum Gasteiger partial charge on any atom is 0.344 e. The van der Waals surface area contributed by atoms with Gasteiger partial charge in [-0.05, 0) is 48.0 Å². The lowest BCUT2D eigenvalue weighted by atomic mass is 10.1. The number of esters is 1. The first-order chi connectivity index (χ1) is 18.5. The molecule has 9 nitrogen and oxygen atoms in total. The third kappa shape index (κ3) is 7.47. The predicted molar refractivity (Wildman–Crippen MR) is 143 cm³/mol. The number of aromatic nitrogens is 1. The maximum atomic E-state index is 12.2. The number of benzene rings is 3. The molecule has 0 aliphatic rings. The molecule has 0 atom stereocenters. The maximum absolute atomic E-state index is 12.2. The van der Waals surface area contributed by atoms with Crippen LogP contribution >= 0.6 is 11.3 Å². The number of anilines is 1. The van der Waals surface area contributed by atoms with Gasteiger partial charge in [-0.1, -0.05) is 30.3 Å². The molecule has 0 bridgehead atoms. The van der Waals surface area contributed by atoms with Gasteiger partial charge in [0.25, 0.3) is 5.91 Å². The molecule has 38 heavy (non-hydrogen) atoms. The van der Waals surface area contributed by atoms with E-state index in [0.717, 1.165) is 11.1 Å². The SMILES string of the molecule is COc1ccc(-c2csc(NC(=O)COC(=O)COc3ccc(OCc4ccccc4)cc3)n2)cc1OC. The summed E-state index contributed by atoms with van der Waals surface area (Å²) in [6, 6.07) is 22.1. The largest absolute Gasteiger partial charge is 0.493 e. The lowest BCUT2D eigenvalue weighted by molar-refractivity contribution is -0.149. The molecule has 4 rings (SSSR count). The van der Waals surface area contributed by atoms with Gasteiger partial charge in [0.15, 0.2) is 29.8 Å². The Balaban J connectivity index is 1.18. The van der Waals surface area contributed by atoms with Gasteiger partial charge >= 0.3 is 5.97 Å². The normalized spacial score (nSPS) is 10.4. The Morgan fingerprint density at radius 3 is 2.26 bits per heavy atom. The smallest absolute Gasteiger partial charge is 0.344 e. The molecule has 1 aromatic heterocycles. The van der Waals surface area contributed by atoms with Crippen molar-refractivity contribution in [3.05, 3.63) is 83.7 Å². The Labute approximate surface area is 223 Å². The fourth-order valence-corrected chi connectivity index (χ4v) is 4.05. The van der Waals surface area contributed by atoms with Gasteiger partial charge < -0.3 is 23.7 Å². The number of carbonyl (C=O) groups excluding carboxylic acids is 2. The summed E-state index contributed by atoms with van der Waals surface area (Å²) in [6.07, 6.45) is 0. The second-order valence-electron chi connectivity index (χ2n) is 7.85. The monoisotopic (exact) mass is 534 g/mol. The van der Waals surface area contributed by atoms with Crippen LogP contribution in [0.1, 0.15) is 5.56 Å². The molecule has 3 aromatic carbocycles. The fourth-order valence-electron chi connectivity index (χ4n) is 3.32. The summed E-state index contributed by atoms with van der Waals surface area (Å²) >= 11 is 1.25. The van der Waals surface area contributed by atoms with Crippen molar-refractivity contribution < 1.29 is 33.3 Å². The Morgan fingerprint density at radius 2 is 1.55 bits per heavy atom. The first-order valence-electron chi connectivity index (χ1n) is 11.6. The number of hydrogen-bond acceptors (Lipinski definition) is 9. The summed E-state index contributed by atoms with van der Waals surface area (Å²) in [5.41, 5.74) is 2.53. The molecule has 4 aromatic rings. The minimum absolute atomic E-state index is 0.335. The second kappa shape index (κ2) is 13.1. The van der Waals surface area contributed by atoms with Gasteiger partial charge in [-0.15, -0.1) is 11.3 Å². The number of ether oxygens (including phenoxy) is 5. The Morgan fingerprint density at radius 1 is 0.842 bits per heavy atom. The zero-order valence-electron chi connectivity index (χ0n) is 20.8. The van der Waals surface area contributed by atoms with E-state index in [4.69, 9.17) is 23.7 Å². The average Bonchev–Trinajstić information content (AvgIpc) is 3.43. The van der Waals surface area contributed by atoms with E-state index >= 15 is 0 Å². The molecule has 1 N–H and O–H groups in total. The van der Waals surface area contributed by atoms with Crippen molar-refractivity contribution in [1.29, 1.82) is 0 Å². The van der Waals surface area contributed by atoms with Crippen LogP contribution in [-0.4, -0.2) is 44.3 Å². The highest BCUT2D eigenvalue weighted by molar-refractivity contribution is 7.14. The zero-order valence-corrected chi connectivity index (χ0v) is 21.7. The van der Waals surface area contributed by atoms with Gasteiger partial charge in [-0.25, -0.2) is 9.78 Å². The van der Waals surface area contributed by atoms with Crippen LogP contribution in [0, 0.1) is 0 Å². The number of carbonyl (C=O) groups is 2. The highest BCUT2D eigenvalue weighted by Crippen LogP contribution is 2.33. The molecule has 0 spiro atoms. The zero-order chi connectivity index (χ0) is 26.7. The van der Waals surface area contributed by atoms with E-state index in [0.29, 0.717) is 40.4 Å². The van der Waals surface area contributed by atoms with Crippen molar-refractivity contribution in [2.45, 2.75) is 6.61 Å². The molecule has 0 saturated heterocycles. The van der Waals surface area contributed by atoms with Crippen molar-refractivity contribution >= 4 is 28.3 Å². The molecular formula is C28H26N2O7S. The van der Waals surface area contributed by atoms with Crippen molar-refractivity contribution in [2.75, 3.05) is 32.8 Å². The highest BCUT2D eigenvalue weighted by atomic mass is 32.1. The third-order valence-corrected chi connectivity index (χ3v) is 5.98. The first kappa shape index (κ1) is 26.5. The van der Waals surface area contributed by atoms with Crippen LogP contribution in [0.15, 0.2) is 78.2 Å². The molecule has 0 aliphatic carbocycles. The molecule has 0 unspecified atom stereocenters. The van der Waals surface area contributed by atoms with E-state index < -0.39 is 18.5 Å².